The number of anilines is 1. The van der Waals surface area contributed by atoms with E-state index in [2.05, 4.69) is 54.1 Å². The lowest BCUT2D eigenvalue weighted by atomic mass is 10.1. The quantitative estimate of drug-likeness (QED) is 0.392. The number of aromatic nitrogens is 4. The fourth-order valence-electron chi connectivity index (χ4n) is 3.45. The molecule has 5 heteroatoms. The van der Waals surface area contributed by atoms with E-state index in [0.717, 1.165) is 44.8 Å². The Balaban J connectivity index is 1.64. The highest BCUT2D eigenvalue weighted by molar-refractivity contribution is 5.84. The number of H-pyrrole nitrogens is 2. The highest BCUT2D eigenvalue weighted by Gasteiger charge is 2.11. The van der Waals surface area contributed by atoms with Crippen LogP contribution in [0, 0.1) is 13.8 Å². The van der Waals surface area contributed by atoms with Crippen molar-refractivity contribution in [3.63, 3.8) is 0 Å². The number of fused-ring (bicyclic) bond motifs is 2. The number of aryl methyl sites for hydroxylation is 2. The first-order valence-corrected chi connectivity index (χ1v) is 8.89. The Morgan fingerprint density at radius 1 is 0.667 bits per heavy atom. The molecule has 0 saturated carbocycles. The fourth-order valence-corrected chi connectivity index (χ4v) is 3.45. The van der Waals surface area contributed by atoms with Gasteiger partial charge in [0.1, 0.15) is 11.6 Å². The van der Waals surface area contributed by atoms with Gasteiger partial charge >= 0.3 is 0 Å². The number of nitrogens with zero attached hydrogens (tertiary/aromatic N) is 2. The minimum atomic E-state index is 0.677. The van der Waals surface area contributed by atoms with Crippen LogP contribution in [0.4, 0.5) is 5.69 Å². The molecule has 0 amide bonds. The summed E-state index contributed by atoms with van der Waals surface area (Å²) in [5, 5.41) is 0. The molecule has 0 saturated heterocycles. The van der Waals surface area contributed by atoms with E-state index in [1.165, 1.54) is 11.1 Å². The number of nitrogens with two attached hydrogens (primary N) is 1. The molecular formula is C22H19N5. The van der Waals surface area contributed by atoms with Crippen LogP contribution >= 0.6 is 0 Å². The maximum absolute atomic E-state index is 6.19. The first kappa shape index (κ1) is 15.6. The lowest BCUT2D eigenvalue weighted by molar-refractivity contribution is 1.31. The summed E-state index contributed by atoms with van der Waals surface area (Å²) in [6, 6.07) is 18.3. The number of nitrogens with one attached hydrogen (secondary N) is 2. The van der Waals surface area contributed by atoms with E-state index in [4.69, 9.17) is 15.7 Å². The maximum atomic E-state index is 6.19. The number of aromatic amines is 2. The van der Waals surface area contributed by atoms with Crippen LogP contribution in [0.25, 0.3) is 44.8 Å². The van der Waals surface area contributed by atoms with Crippen LogP contribution in [0.1, 0.15) is 11.1 Å². The van der Waals surface area contributed by atoms with Gasteiger partial charge in [-0.2, -0.15) is 0 Å². The van der Waals surface area contributed by atoms with Crippen molar-refractivity contribution in [2.45, 2.75) is 13.8 Å². The molecule has 3 aromatic carbocycles. The van der Waals surface area contributed by atoms with Gasteiger partial charge in [0.25, 0.3) is 0 Å². The van der Waals surface area contributed by atoms with Crippen molar-refractivity contribution in [1.82, 2.24) is 19.9 Å². The zero-order valence-corrected chi connectivity index (χ0v) is 15.2. The number of rotatable bonds is 2. The molecule has 132 valence electrons. The van der Waals surface area contributed by atoms with Crippen LogP contribution < -0.4 is 5.73 Å². The second kappa shape index (κ2) is 5.71. The van der Waals surface area contributed by atoms with Crippen LogP contribution in [-0.4, -0.2) is 19.9 Å². The largest absolute Gasteiger partial charge is 0.399 e. The van der Waals surface area contributed by atoms with Crippen molar-refractivity contribution >= 4 is 27.8 Å². The van der Waals surface area contributed by atoms with E-state index >= 15 is 0 Å². The predicted octanol–water partition coefficient (Wildman–Crippen LogP) is 4.97. The highest BCUT2D eigenvalue weighted by atomic mass is 14.9. The number of benzene rings is 3. The minimum absolute atomic E-state index is 0.677. The van der Waals surface area contributed by atoms with Gasteiger partial charge in [-0.25, -0.2) is 9.97 Å². The second-order valence-electron chi connectivity index (χ2n) is 7.06. The molecule has 0 fully saturated rings. The Morgan fingerprint density at radius 3 is 1.63 bits per heavy atom. The van der Waals surface area contributed by atoms with E-state index in [9.17, 15) is 0 Å². The molecule has 0 unspecified atom stereocenters. The van der Waals surface area contributed by atoms with Gasteiger partial charge in [0.15, 0.2) is 0 Å². The summed E-state index contributed by atoms with van der Waals surface area (Å²) in [5.74, 6) is 1.60. The molecule has 4 N–H and O–H groups in total. The topological polar surface area (TPSA) is 83.4 Å². The van der Waals surface area contributed by atoms with Crippen molar-refractivity contribution in [1.29, 1.82) is 0 Å². The lowest BCUT2D eigenvalue weighted by Crippen LogP contribution is -1.90. The number of hydrogen-bond acceptors (Lipinski definition) is 3. The van der Waals surface area contributed by atoms with Gasteiger partial charge in [-0.05, 0) is 67.4 Å². The summed E-state index contributed by atoms with van der Waals surface area (Å²) >= 11 is 0. The molecule has 0 atom stereocenters. The van der Waals surface area contributed by atoms with Crippen molar-refractivity contribution in [2.75, 3.05) is 5.73 Å². The van der Waals surface area contributed by atoms with E-state index in [1.807, 2.05) is 24.3 Å². The van der Waals surface area contributed by atoms with Gasteiger partial charge in [-0.15, -0.1) is 0 Å². The van der Waals surface area contributed by atoms with Gasteiger partial charge in [-0.1, -0.05) is 12.1 Å². The average Bonchev–Trinajstić information content (AvgIpc) is 3.24. The monoisotopic (exact) mass is 353 g/mol. The van der Waals surface area contributed by atoms with Crippen molar-refractivity contribution in [3.05, 3.63) is 65.7 Å². The average molecular weight is 353 g/mol. The number of hydrogen-bond donors (Lipinski definition) is 3. The zero-order valence-electron chi connectivity index (χ0n) is 15.2. The molecular weight excluding hydrogens is 334 g/mol. The van der Waals surface area contributed by atoms with Gasteiger partial charge < -0.3 is 15.7 Å². The van der Waals surface area contributed by atoms with Crippen LogP contribution in [0.2, 0.25) is 0 Å². The molecule has 27 heavy (non-hydrogen) atoms. The van der Waals surface area contributed by atoms with Crippen molar-refractivity contribution in [2.24, 2.45) is 0 Å². The molecule has 5 rings (SSSR count). The van der Waals surface area contributed by atoms with E-state index in [0.29, 0.717) is 5.69 Å². The molecule has 0 aliphatic rings. The van der Waals surface area contributed by atoms with Gasteiger partial charge in [0.2, 0.25) is 0 Å². The van der Waals surface area contributed by atoms with Gasteiger partial charge in [0, 0.05) is 16.8 Å². The lowest BCUT2D eigenvalue weighted by Gasteiger charge is -2.04. The minimum Gasteiger partial charge on any atom is -0.399 e. The van der Waals surface area contributed by atoms with Crippen molar-refractivity contribution < 1.29 is 0 Å². The SMILES string of the molecule is Cc1ccc2nc(-c3cc(N)cc(-c4nc5ccc(C)cc5[nH]4)c3)[nH]c2c1. The third-order valence-electron chi connectivity index (χ3n) is 4.78. The van der Waals surface area contributed by atoms with E-state index in [-0.39, 0.29) is 0 Å². The first-order valence-electron chi connectivity index (χ1n) is 8.89. The Morgan fingerprint density at radius 2 is 1.15 bits per heavy atom. The Kier molecular flexibility index (Phi) is 3.31. The zero-order chi connectivity index (χ0) is 18.5. The smallest absolute Gasteiger partial charge is 0.138 e. The highest BCUT2D eigenvalue weighted by Crippen LogP contribution is 2.29. The first-order chi connectivity index (χ1) is 13.0. The molecule has 0 bridgehead atoms. The Bertz CT molecular complexity index is 1210. The summed E-state index contributed by atoms with van der Waals surface area (Å²) in [5.41, 5.74) is 15.1. The number of imidazole rings is 2. The van der Waals surface area contributed by atoms with Crippen LogP contribution in [0.3, 0.4) is 0 Å². The third kappa shape index (κ3) is 2.73. The van der Waals surface area contributed by atoms with E-state index in [1.54, 1.807) is 0 Å². The molecule has 2 heterocycles. The van der Waals surface area contributed by atoms with Gasteiger partial charge in [0.05, 0.1) is 22.1 Å². The standard InChI is InChI=1S/C22H19N5/c1-12-3-5-17-19(7-12)26-21(24-17)14-9-15(11-16(23)10-14)22-25-18-6-4-13(2)8-20(18)27-22/h3-11H,23H2,1-2H3,(H,24,26)(H,25,27). The Labute approximate surface area is 156 Å². The van der Waals surface area contributed by atoms with Crippen LogP contribution in [0.15, 0.2) is 54.6 Å². The van der Waals surface area contributed by atoms with Gasteiger partial charge in [-0.3, -0.25) is 0 Å². The second-order valence-corrected chi connectivity index (χ2v) is 7.06. The molecule has 2 aromatic heterocycles. The summed E-state index contributed by atoms with van der Waals surface area (Å²) in [6.07, 6.45) is 0. The summed E-state index contributed by atoms with van der Waals surface area (Å²) in [6.45, 7) is 4.14. The molecule has 0 radical (unpaired) electrons. The van der Waals surface area contributed by atoms with Crippen molar-refractivity contribution in [3.8, 4) is 22.8 Å². The van der Waals surface area contributed by atoms with Crippen LogP contribution in [0.5, 0.6) is 0 Å². The molecule has 0 aliphatic heterocycles. The Hall–Kier alpha value is -3.60. The fraction of sp³-hybridized carbons (Fsp3) is 0.0909. The molecule has 5 aromatic rings. The van der Waals surface area contributed by atoms with E-state index < -0.39 is 0 Å². The summed E-state index contributed by atoms with van der Waals surface area (Å²) in [7, 11) is 0. The molecule has 5 nitrogen and oxygen atoms in total. The molecule has 0 aliphatic carbocycles. The maximum Gasteiger partial charge on any atom is 0.138 e. The number of nitrogen functional groups attached to an aromatic ring is 1. The summed E-state index contributed by atoms with van der Waals surface area (Å²) < 4.78 is 0. The predicted molar refractivity (Wildman–Crippen MR) is 111 cm³/mol. The summed E-state index contributed by atoms with van der Waals surface area (Å²) in [4.78, 5) is 16.2. The third-order valence-corrected chi connectivity index (χ3v) is 4.78. The molecule has 0 spiro atoms. The van der Waals surface area contributed by atoms with Crippen LogP contribution in [-0.2, 0) is 0 Å². The normalized spacial score (nSPS) is 11.5.